The molecule has 0 saturated carbocycles. The first kappa shape index (κ1) is 17.5. The van der Waals surface area contributed by atoms with Crippen molar-refractivity contribution >= 4 is 11.6 Å². The normalized spacial score (nSPS) is 14.8. The predicted molar refractivity (Wildman–Crippen MR) is 102 cm³/mol. The first-order valence-corrected chi connectivity index (χ1v) is 8.92. The molecule has 0 atom stereocenters. The molecule has 1 saturated heterocycles. The Hall–Kier alpha value is -2.36. The molecule has 1 aliphatic rings. The molecule has 1 aliphatic heterocycles. The minimum Gasteiger partial charge on any atom is -0.368 e. The van der Waals surface area contributed by atoms with Crippen molar-refractivity contribution in [2.24, 2.45) is 0 Å². The average molecular weight is 337 g/mol. The highest BCUT2D eigenvalue weighted by Gasteiger charge is 2.24. The number of hydrogen-bond donors (Lipinski definition) is 0. The van der Waals surface area contributed by atoms with Crippen LogP contribution in [0.2, 0.25) is 0 Å². The summed E-state index contributed by atoms with van der Waals surface area (Å²) >= 11 is 0. The molecule has 1 amide bonds. The predicted octanol–water partition coefficient (Wildman–Crippen LogP) is 3.59. The molecule has 2 aromatic rings. The van der Waals surface area contributed by atoms with Crippen LogP contribution in [0.4, 0.5) is 5.69 Å². The van der Waals surface area contributed by atoms with E-state index in [1.165, 1.54) is 16.8 Å². The fourth-order valence-corrected chi connectivity index (χ4v) is 3.52. The maximum absolute atomic E-state index is 12.9. The number of amides is 1. The SMILES string of the molecule is Cc1cc(N2CCN(C(=O)c3cc(C)c(C)cc3C)CC2)cc(C)n1. The second-order valence-electron chi connectivity index (χ2n) is 7.14. The van der Waals surface area contributed by atoms with E-state index in [0.29, 0.717) is 0 Å². The molecule has 3 rings (SSSR count). The summed E-state index contributed by atoms with van der Waals surface area (Å²) in [5, 5.41) is 0. The van der Waals surface area contributed by atoms with E-state index in [1.54, 1.807) is 0 Å². The van der Waals surface area contributed by atoms with Gasteiger partial charge in [0.2, 0.25) is 0 Å². The van der Waals surface area contributed by atoms with Crippen LogP contribution < -0.4 is 4.90 Å². The second-order valence-corrected chi connectivity index (χ2v) is 7.14. The lowest BCUT2D eigenvalue weighted by Crippen LogP contribution is -2.49. The topological polar surface area (TPSA) is 36.4 Å². The number of anilines is 1. The Morgan fingerprint density at radius 3 is 1.96 bits per heavy atom. The van der Waals surface area contributed by atoms with E-state index in [4.69, 9.17) is 0 Å². The van der Waals surface area contributed by atoms with Gasteiger partial charge < -0.3 is 9.80 Å². The number of hydrogen-bond acceptors (Lipinski definition) is 3. The van der Waals surface area contributed by atoms with E-state index in [1.807, 2.05) is 31.7 Å². The number of aromatic nitrogens is 1. The molecule has 4 heteroatoms. The smallest absolute Gasteiger partial charge is 0.254 e. The Morgan fingerprint density at radius 2 is 1.36 bits per heavy atom. The fraction of sp³-hybridized carbons (Fsp3) is 0.429. The lowest BCUT2D eigenvalue weighted by Gasteiger charge is -2.36. The van der Waals surface area contributed by atoms with Crippen molar-refractivity contribution in [3.05, 3.63) is 57.9 Å². The van der Waals surface area contributed by atoms with Crippen LogP contribution in [0, 0.1) is 34.6 Å². The van der Waals surface area contributed by atoms with Gasteiger partial charge in [-0.1, -0.05) is 6.07 Å². The highest BCUT2D eigenvalue weighted by molar-refractivity contribution is 5.96. The third-order valence-electron chi connectivity index (χ3n) is 5.07. The third-order valence-corrected chi connectivity index (χ3v) is 5.07. The van der Waals surface area contributed by atoms with E-state index >= 15 is 0 Å². The number of piperazine rings is 1. The van der Waals surface area contributed by atoms with E-state index in [2.05, 4.69) is 41.9 Å². The Balaban J connectivity index is 1.72. The first-order chi connectivity index (χ1) is 11.8. The minimum absolute atomic E-state index is 0.155. The summed E-state index contributed by atoms with van der Waals surface area (Å²) < 4.78 is 0. The van der Waals surface area contributed by atoms with Gasteiger partial charge in [0.15, 0.2) is 0 Å². The molecule has 1 aromatic carbocycles. The van der Waals surface area contributed by atoms with Gasteiger partial charge in [-0.05, 0) is 69.5 Å². The summed E-state index contributed by atoms with van der Waals surface area (Å²) in [6.07, 6.45) is 0. The summed E-state index contributed by atoms with van der Waals surface area (Å²) in [5.74, 6) is 0.155. The van der Waals surface area contributed by atoms with Crippen LogP contribution in [0.5, 0.6) is 0 Å². The van der Waals surface area contributed by atoms with Crippen molar-refractivity contribution in [2.45, 2.75) is 34.6 Å². The van der Waals surface area contributed by atoms with Gasteiger partial charge in [0, 0.05) is 48.8 Å². The highest BCUT2D eigenvalue weighted by atomic mass is 16.2. The number of pyridine rings is 1. The molecule has 132 valence electrons. The number of carbonyl (C=O) groups excluding carboxylic acids is 1. The summed E-state index contributed by atoms with van der Waals surface area (Å²) in [6.45, 7) is 13.5. The van der Waals surface area contributed by atoms with Gasteiger partial charge in [0.05, 0.1) is 0 Å². The van der Waals surface area contributed by atoms with Crippen LogP contribution in [-0.4, -0.2) is 42.0 Å². The van der Waals surface area contributed by atoms with Gasteiger partial charge in [-0.15, -0.1) is 0 Å². The zero-order valence-electron chi connectivity index (χ0n) is 15.9. The number of nitrogens with zero attached hydrogens (tertiary/aromatic N) is 3. The Kier molecular flexibility index (Phi) is 4.80. The maximum atomic E-state index is 12.9. The molecule has 0 aliphatic carbocycles. The van der Waals surface area contributed by atoms with Crippen LogP contribution in [0.15, 0.2) is 24.3 Å². The minimum atomic E-state index is 0.155. The lowest BCUT2D eigenvalue weighted by atomic mass is 10.00. The van der Waals surface area contributed by atoms with Crippen molar-refractivity contribution in [3.63, 3.8) is 0 Å². The van der Waals surface area contributed by atoms with E-state index in [-0.39, 0.29) is 5.91 Å². The average Bonchev–Trinajstić information content (AvgIpc) is 2.57. The molecule has 0 radical (unpaired) electrons. The number of benzene rings is 1. The molecular formula is C21H27N3O. The van der Waals surface area contributed by atoms with Crippen LogP contribution in [0.25, 0.3) is 0 Å². The largest absolute Gasteiger partial charge is 0.368 e. The summed E-state index contributed by atoms with van der Waals surface area (Å²) in [4.78, 5) is 21.7. The van der Waals surface area contributed by atoms with Crippen molar-refractivity contribution < 1.29 is 4.79 Å². The van der Waals surface area contributed by atoms with Crippen LogP contribution in [0.3, 0.4) is 0 Å². The Labute approximate surface area is 150 Å². The molecule has 0 unspecified atom stereocenters. The van der Waals surface area contributed by atoms with Crippen molar-refractivity contribution in [1.29, 1.82) is 0 Å². The lowest BCUT2D eigenvalue weighted by molar-refractivity contribution is 0.0746. The van der Waals surface area contributed by atoms with Gasteiger partial charge in [0.1, 0.15) is 0 Å². The van der Waals surface area contributed by atoms with Crippen LogP contribution in [0.1, 0.15) is 38.4 Å². The van der Waals surface area contributed by atoms with Crippen molar-refractivity contribution in [2.75, 3.05) is 31.1 Å². The molecule has 0 spiro atoms. The zero-order valence-corrected chi connectivity index (χ0v) is 15.9. The highest BCUT2D eigenvalue weighted by Crippen LogP contribution is 2.21. The summed E-state index contributed by atoms with van der Waals surface area (Å²) in [6, 6.07) is 8.40. The van der Waals surface area contributed by atoms with Gasteiger partial charge in [-0.2, -0.15) is 0 Å². The first-order valence-electron chi connectivity index (χ1n) is 8.92. The Bertz CT molecular complexity index is 785. The second kappa shape index (κ2) is 6.87. The quantitative estimate of drug-likeness (QED) is 0.840. The van der Waals surface area contributed by atoms with E-state index in [0.717, 1.165) is 48.7 Å². The van der Waals surface area contributed by atoms with Gasteiger partial charge in [-0.3, -0.25) is 9.78 Å². The zero-order chi connectivity index (χ0) is 18.1. The van der Waals surface area contributed by atoms with Crippen LogP contribution in [-0.2, 0) is 0 Å². The van der Waals surface area contributed by atoms with E-state index < -0.39 is 0 Å². The molecule has 0 bridgehead atoms. The monoisotopic (exact) mass is 337 g/mol. The summed E-state index contributed by atoms with van der Waals surface area (Å²) in [5.41, 5.74) is 7.61. The van der Waals surface area contributed by atoms with Gasteiger partial charge in [0.25, 0.3) is 5.91 Å². The number of carbonyl (C=O) groups is 1. The maximum Gasteiger partial charge on any atom is 0.254 e. The van der Waals surface area contributed by atoms with Crippen LogP contribution >= 0.6 is 0 Å². The third kappa shape index (κ3) is 3.68. The Morgan fingerprint density at radius 1 is 0.800 bits per heavy atom. The van der Waals surface area contributed by atoms with Crippen molar-refractivity contribution in [1.82, 2.24) is 9.88 Å². The molecular weight excluding hydrogens is 310 g/mol. The molecule has 4 nitrogen and oxygen atoms in total. The number of rotatable bonds is 2. The van der Waals surface area contributed by atoms with E-state index in [9.17, 15) is 4.79 Å². The fourth-order valence-electron chi connectivity index (χ4n) is 3.52. The number of aryl methyl sites for hydroxylation is 5. The molecule has 25 heavy (non-hydrogen) atoms. The standard InChI is InChI=1S/C21H27N3O/c1-14-10-16(3)20(11-15(14)2)21(25)24-8-6-23(7-9-24)19-12-17(4)22-18(5)13-19/h10-13H,6-9H2,1-5H3. The van der Waals surface area contributed by atoms with Gasteiger partial charge >= 0.3 is 0 Å². The molecule has 2 heterocycles. The summed E-state index contributed by atoms with van der Waals surface area (Å²) in [7, 11) is 0. The molecule has 1 aromatic heterocycles. The molecule has 0 N–H and O–H groups in total. The van der Waals surface area contributed by atoms with Crippen molar-refractivity contribution in [3.8, 4) is 0 Å². The molecule has 1 fully saturated rings. The van der Waals surface area contributed by atoms with Gasteiger partial charge in [-0.25, -0.2) is 0 Å².